The van der Waals surface area contributed by atoms with Gasteiger partial charge >= 0.3 is 5.97 Å². The molecule has 0 aromatic heterocycles. The van der Waals surface area contributed by atoms with Crippen molar-refractivity contribution >= 4 is 45.2 Å². The van der Waals surface area contributed by atoms with Gasteiger partial charge < -0.3 is 19.1 Å². The van der Waals surface area contributed by atoms with Crippen molar-refractivity contribution in [2.75, 3.05) is 27.1 Å². The number of unbranched alkanes of at least 4 members (excludes halogenated alkanes) is 9. The van der Waals surface area contributed by atoms with E-state index in [-0.39, 0.29) is 11.2 Å². The average molecular weight is 610 g/mol. The van der Waals surface area contributed by atoms with Crippen LogP contribution in [0.2, 0.25) is 0 Å². The third-order valence-corrected chi connectivity index (χ3v) is 10.1. The van der Waals surface area contributed by atoms with Crippen molar-refractivity contribution < 1.29 is 19.0 Å². The molecule has 1 rings (SSSR count). The number of benzene rings is 1. The number of thioether (sulfide) groups is 2. The summed E-state index contributed by atoms with van der Waals surface area (Å²) >= 11 is 9.17. The topological polar surface area (TPSA) is 49.1 Å². The lowest BCUT2D eigenvalue weighted by Gasteiger charge is -2.33. The minimum absolute atomic E-state index is 0.113. The molecule has 0 amide bonds. The Kier molecular flexibility index (Phi) is 18.0. The molecule has 0 bridgehead atoms. The number of hydrogen-bond acceptors (Lipinski definition) is 7. The Bertz CT molecular complexity index is 947. The molecule has 0 spiro atoms. The predicted molar refractivity (Wildman–Crippen MR) is 177 cm³/mol. The highest BCUT2D eigenvalue weighted by atomic mass is 32.2. The van der Waals surface area contributed by atoms with Gasteiger partial charge in [-0.2, -0.15) is 0 Å². The van der Waals surface area contributed by atoms with Crippen molar-refractivity contribution in [2.45, 2.75) is 116 Å². The van der Waals surface area contributed by atoms with Gasteiger partial charge in [0.2, 0.25) is 5.54 Å². The summed E-state index contributed by atoms with van der Waals surface area (Å²) in [7, 11) is 4.65. The van der Waals surface area contributed by atoms with Crippen molar-refractivity contribution in [3.63, 3.8) is 0 Å². The van der Waals surface area contributed by atoms with Crippen LogP contribution >= 0.6 is 35.7 Å². The van der Waals surface area contributed by atoms with E-state index in [4.69, 9.17) is 33.0 Å². The summed E-state index contributed by atoms with van der Waals surface area (Å²) < 4.78 is 17.1. The van der Waals surface area contributed by atoms with Gasteiger partial charge in [0.15, 0.2) is 11.5 Å². The van der Waals surface area contributed by atoms with Gasteiger partial charge in [-0.1, -0.05) is 94.8 Å². The summed E-state index contributed by atoms with van der Waals surface area (Å²) in [6, 6.07) is 5.86. The third-order valence-electron chi connectivity index (χ3n) is 7.18. The molecule has 0 heterocycles. The minimum Gasteiger partial charge on any atom is -0.493 e. The van der Waals surface area contributed by atoms with Gasteiger partial charge in [-0.3, -0.25) is 4.79 Å². The van der Waals surface area contributed by atoms with Crippen LogP contribution < -0.4 is 9.47 Å². The van der Waals surface area contributed by atoms with E-state index in [2.05, 4.69) is 11.8 Å². The van der Waals surface area contributed by atoms with Gasteiger partial charge in [0.25, 0.3) is 0 Å². The number of thiocarbonyl (C=S) groups is 1. The fourth-order valence-corrected chi connectivity index (χ4v) is 8.00. The maximum atomic E-state index is 13.1. The summed E-state index contributed by atoms with van der Waals surface area (Å²) in [4.78, 5) is 16.8. The predicted octanol–water partition coefficient (Wildman–Crippen LogP) is 10.1. The monoisotopic (exact) mass is 609 g/mol. The highest BCUT2D eigenvalue weighted by Gasteiger charge is 2.45. The second-order valence-corrected chi connectivity index (χ2v) is 14.9. The standard InChI is InChI=1S/C32H51NO4S3/c1-9-10-11-12-13-14-15-16-17-18-21-39-30(38)40-28(25-19-20-26(35-6)27(22-25)36-7)23-32(4,29(34)37-8)24-31(2,3)33-5/h19-20,22,28H,9-18,21,23-24H2,1-4,6-8H3. The second kappa shape index (κ2) is 19.6. The van der Waals surface area contributed by atoms with E-state index in [1.807, 2.05) is 39.0 Å². The number of esters is 1. The van der Waals surface area contributed by atoms with Crippen molar-refractivity contribution in [2.24, 2.45) is 5.41 Å². The van der Waals surface area contributed by atoms with E-state index in [1.54, 1.807) is 37.7 Å². The van der Waals surface area contributed by atoms with Crippen LogP contribution in [0.4, 0.5) is 0 Å². The summed E-state index contributed by atoms with van der Waals surface area (Å²) in [6.45, 7) is 15.5. The summed E-state index contributed by atoms with van der Waals surface area (Å²) in [5.74, 6) is 1.98. The fourth-order valence-electron chi connectivity index (χ4n) is 5.05. The van der Waals surface area contributed by atoms with Crippen LogP contribution in [0.3, 0.4) is 0 Å². The fraction of sp³-hybridized carbons (Fsp3) is 0.719. The molecule has 0 radical (unpaired) electrons. The molecule has 0 aliphatic rings. The lowest BCUT2D eigenvalue weighted by molar-refractivity contribution is -0.153. The molecule has 0 N–H and O–H groups in total. The van der Waals surface area contributed by atoms with E-state index in [9.17, 15) is 4.79 Å². The first-order valence-electron chi connectivity index (χ1n) is 14.6. The Morgan fingerprint density at radius 1 is 0.950 bits per heavy atom. The molecule has 2 unspecified atom stereocenters. The second-order valence-electron chi connectivity index (χ2n) is 11.4. The number of carbonyl (C=O) groups is 1. The zero-order chi connectivity index (χ0) is 30.0. The molecule has 2 atom stereocenters. The molecule has 1 aromatic rings. The SMILES string of the molecule is [C-]#[N+]C(C)(C)CC(C)(CC(SC(=S)SCCCCCCCCCCCC)c1ccc(OC)c(OC)c1)C(=O)OC. The normalized spacial score (nSPS) is 13.7. The summed E-state index contributed by atoms with van der Waals surface area (Å²) in [5, 5.41) is -0.113. The third kappa shape index (κ3) is 13.5. The molecule has 0 aliphatic carbocycles. The van der Waals surface area contributed by atoms with Crippen molar-refractivity contribution in [1.82, 2.24) is 0 Å². The zero-order valence-electron chi connectivity index (χ0n) is 25.8. The molecule has 226 valence electrons. The Morgan fingerprint density at radius 2 is 1.52 bits per heavy atom. The summed E-state index contributed by atoms with van der Waals surface area (Å²) in [5.41, 5.74) is -0.550. The Morgan fingerprint density at radius 3 is 2.05 bits per heavy atom. The first-order valence-corrected chi connectivity index (χ1v) is 16.9. The van der Waals surface area contributed by atoms with Gasteiger partial charge in [-0.05, 0) is 43.2 Å². The van der Waals surface area contributed by atoms with E-state index in [1.165, 1.54) is 64.9 Å². The Labute approximate surface area is 258 Å². The van der Waals surface area contributed by atoms with E-state index < -0.39 is 11.0 Å². The quantitative estimate of drug-likeness (QED) is 0.0631. The highest BCUT2D eigenvalue weighted by Crippen LogP contribution is 2.47. The molecule has 40 heavy (non-hydrogen) atoms. The van der Waals surface area contributed by atoms with Gasteiger partial charge in [-0.15, -0.1) is 11.8 Å². The average Bonchev–Trinajstić information content (AvgIpc) is 2.94. The molecule has 8 heteroatoms. The van der Waals surface area contributed by atoms with Gasteiger partial charge in [-0.25, -0.2) is 6.57 Å². The van der Waals surface area contributed by atoms with Crippen molar-refractivity contribution in [3.05, 3.63) is 35.2 Å². The van der Waals surface area contributed by atoms with Crippen LogP contribution in [-0.2, 0) is 9.53 Å². The Balaban J connectivity index is 2.88. The van der Waals surface area contributed by atoms with Crippen molar-refractivity contribution in [1.29, 1.82) is 0 Å². The van der Waals surface area contributed by atoms with Gasteiger partial charge in [0.05, 0.1) is 26.7 Å². The lowest BCUT2D eigenvalue weighted by atomic mass is 9.74. The van der Waals surface area contributed by atoms with Crippen LogP contribution in [-0.4, -0.2) is 42.1 Å². The molecule has 0 saturated carbocycles. The number of methoxy groups -OCH3 is 3. The first kappa shape index (κ1) is 36.6. The van der Waals surface area contributed by atoms with E-state index in [0.717, 1.165) is 21.3 Å². The molecular weight excluding hydrogens is 559 g/mol. The number of ether oxygens (including phenoxy) is 3. The molecule has 0 aliphatic heterocycles. The minimum atomic E-state index is -0.857. The first-order chi connectivity index (χ1) is 19.1. The highest BCUT2D eigenvalue weighted by molar-refractivity contribution is 8.47. The lowest BCUT2D eigenvalue weighted by Crippen LogP contribution is -2.37. The van der Waals surface area contributed by atoms with Crippen LogP contribution in [0, 0.1) is 12.0 Å². The van der Waals surface area contributed by atoms with Crippen LogP contribution in [0.5, 0.6) is 11.5 Å². The van der Waals surface area contributed by atoms with Crippen LogP contribution in [0.1, 0.15) is 116 Å². The van der Waals surface area contributed by atoms with E-state index in [0.29, 0.717) is 24.3 Å². The number of hydrogen-bond donors (Lipinski definition) is 0. The van der Waals surface area contributed by atoms with Crippen molar-refractivity contribution in [3.8, 4) is 11.5 Å². The largest absolute Gasteiger partial charge is 0.493 e. The van der Waals surface area contributed by atoms with Gasteiger partial charge in [0.1, 0.15) is 3.53 Å². The van der Waals surface area contributed by atoms with Crippen LogP contribution in [0.25, 0.3) is 4.85 Å². The molecule has 0 fully saturated rings. The molecule has 5 nitrogen and oxygen atoms in total. The van der Waals surface area contributed by atoms with E-state index >= 15 is 0 Å². The Hall–Kier alpha value is -1.43. The van der Waals surface area contributed by atoms with Gasteiger partial charge in [0, 0.05) is 25.5 Å². The molecule has 0 saturated heterocycles. The number of nitrogens with zero attached hydrogens (tertiary/aromatic N) is 1. The molecular formula is C32H51NO4S3. The zero-order valence-corrected chi connectivity index (χ0v) is 28.3. The maximum Gasteiger partial charge on any atom is 0.311 e. The summed E-state index contributed by atoms with van der Waals surface area (Å²) in [6.07, 6.45) is 14.0. The number of carbonyl (C=O) groups excluding carboxylic acids is 1. The van der Waals surface area contributed by atoms with Crippen LogP contribution in [0.15, 0.2) is 18.2 Å². The smallest absolute Gasteiger partial charge is 0.311 e. The maximum absolute atomic E-state index is 13.1. The molecule has 1 aromatic carbocycles. The number of rotatable bonds is 20.